The molecule has 0 spiro atoms. The number of hydrogen-bond acceptors (Lipinski definition) is 5. The van der Waals surface area contributed by atoms with Crippen LogP contribution in [-0.2, 0) is 0 Å². The predicted molar refractivity (Wildman–Crippen MR) is 67.8 cm³/mol. The van der Waals surface area contributed by atoms with E-state index in [0.29, 0.717) is 22.8 Å². The number of nitrogens with one attached hydrogen (secondary N) is 1. The second-order valence-corrected chi connectivity index (χ2v) is 3.56. The molecule has 94 valence electrons. The van der Waals surface area contributed by atoms with Crippen LogP contribution in [0.25, 0.3) is 11.3 Å². The summed E-state index contributed by atoms with van der Waals surface area (Å²) >= 11 is 0. The summed E-state index contributed by atoms with van der Waals surface area (Å²) < 4.78 is 10.5. The molecule has 1 heterocycles. The van der Waals surface area contributed by atoms with Crippen LogP contribution in [0.5, 0.6) is 11.5 Å². The summed E-state index contributed by atoms with van der Waals surface area (Å²) in [7, 11) is 3.09. The first-order valence-corrected chi connectivity index (χ1v) is 5.24. The third-order valence-corrected chi connectivity index (χ3v) is 2.46. The number of nitrogens with two attached hydrogens (primary N) is 1. The number of rotatable bonds is 3. The van der Waals surface area contributed by atoms with Gasteiger partial charge in [-0.15, -0.1) is 0 Å². The predicted octanol–water partition coefficient (Wildman–Crippen LogP) is 1.04. The van der Waals surface area contributed by atoms with Gasteiger partial charge in [0.2, 0.25) is 0 Å². The van der Waals surface area contributed by atoms with Gasteiger partial charge in [0.15, 0.2) is 0 Å². The van der Waals surface area contributed by atoms with E-state index in [1.807, 2.05) is 0 Å². The Labute approximate surface area is 103 Å². The van der Waals surface area contributed by atoms with Crippen LogP contribution in [-0.4, -0.2) is 24.2 Å². The average molecular weight is 247 g/mol. The van der Waals surface area contributed by atoms with E-state index in [1.54, 1.807) is 38.5 Å². The fourth-order valence-corrected chi connectivity index (χ4v) is 1.73. The van der Waals surface area contributed by atoms with Gasteiger partial charge in [0.05, 0.1) is 25.5 Å². The number of aromatic amines is 1. The fraction of sp³-hybridized carbons (Fsp3) is 0.167. The highest BCUT2D eigenvalue weighted by atomic mass is 16.5. The van der Waals surface area contributed by atoms with Crippen LogP contribution in [0.1, 0.15) is 0 Å². The lowest BCUT2D eigenvalue weighted by molar-refractivity contribution is 0.397. The third kappa shape index (κ3) is 2.13. The number of ether oxygens (including phenoxy) is 2. The zero-order chi connectivity index (χ0) is 13.1. The maximum atomic E-state index is 11.4. The SMILES string of the molecule is COc1cccc(OC)c1-c1cc(N)nc(=O)[nH]1. The molecule has 0 aliphatic rings. The highest BCUT2D eigenvalue weighted by molar-refractivity contribution is 5.75. The normalized spacial score (nSPS) is 10.1. The first kappa shape index (κ1) is 12.0. The number of anilines is 1. The molecule has 0 aliphatic carbocycles. The van der Waals surface area contributed by atoms with Crippen molar-refractivity contribution in [3.05, 3.63) is 34.7 Å². The van der Waals surface area contributed by atoms with Crippen molar-refractivity contribution >= 4 is 5.82 Å². The second kappa shape index (κ2) is 4.79. The van der Waals surface area contributed by atoms with Gasteiger partial charge in [-0.2, -0.15) is 4.98 Å². The smallest absolute Gasteiger partial charge is 0.347 e. The summed E-state index contributed by atoms with van der Waals surface area (Å²) in [5.41, 5.74) is 6.19. The van der Waals surface area contributed by atoms with Gasteiger partial charge in [-0.1, -0.05) is 6.07 Å². The zero-order valence-corrected chi connectivity index (χ0v) is 10.1. The van der Waals surface area contributed by atoms with Gasteiger partial charge in [0, 0.05) is 6.07 Å². The highest BCUT2D eigenvalue weighted by Gasteiger charge is 2.13. The topological polar surface area (TPSA) is 90.2 Å². The van der Waals surface area contributed by atoms with Gasteiger partial charge in [-0.25, -0.2) is 4.79 Å². The number of benzene rings is 1. The molecule has 18 heavy (non-hydrogen) atoms. The van der Waals surface area contributed by atoms with Crippen LogP contribution in [0.2, 0.25) is 0 Å². The first-order valence-electron chi connectivity index (χ1n) is 5.24. The molecule has 0 saturated heterocycles. The lowest BCUT2D eigenvalue weighted by Gasteiger charge is -2.12. The molecule has 0 atom stereocenters. The van der Waals surface area contributed by atoms with E-state index in [-0.39, 0.29) is 5.82 Å². The first-order chi connectivity index (χ1) is 8.65. The van der Waals surface area contributed by atoms with E-state index < -0.39 is 5.69 Å². The summed E-state index contributed by atoms with van der Waals surface area (Å²) in [6.07, 6.45) is 0. The molecule has 0 unspecified atom stereocenters. The Hall–Kier alpha value is -2.50. The van der Waals surface area contributed by atoms with Crippen LogP contribution in [0.15, 0.2) is 29.1 Å². The third-order valence-electron chi connectivity index (χ3n) is 2.46. The summed E-state index contributed by atoms with van der Waals surface area (Å²) in [6, 6.07) is 6.89. The molecule has 2 aromatic rings. The standard InChI is InChI=1S/C12H13N3O3/c1-17-8-4-3-5-9(18-2)11(8)7-6-10(13)15-12(16)14-7/h3-6H,1-2H3,(H3,13,14,15,16). The van der Waals surface area contributed by atoms with E-state index >= 15 is 0 Å². The van der Waals surface area contributed by atoms with Crippen molar-refractivity contribution in [2.45, 2.75) is 0 Å². The van der Waals surface area contributed by atoms with Crippen LogP contribution in [0.3, 0.4) is 0 Å². The minimum Gasteiger partial charge on any atom is -0.496 e. The summed E-state index contributed by atoms with van der Waals surface area (Å²) in [6.45, 7) is 0. The number of nitrogens with zero attached hydrogens (tertiary/aromatic N) is 1. The second-order valence-electron chi connectivity index (χ2n) is 3.56. The minimum atomic E-state index is -0.516. The van der Waals surface area contributed by atoms with E-state index in [0.717, 1.165) is 0 Å². The highest BCUT2D eigenvalue weighted by Crippen LogP contribution is 2.36. The van der Waals surface area contributed by atoms with Gasteiger partial charge < -0.3 is 20.2 Å². The van der Waals surface area contributed by atoms with Gasteiger partial charge in [0.25, 0.3) is 0 Å². The van der Waals surface area contributed by atoms with Crippen molar-refractivity contribution in [3.8, 4) is 22.8 Å². The Morgan fingerprint density at radius 3 is 2.33 bits per heavy atom. The molecule has 0 bridgehead atoms. The molecule has 2 rings (SSSR count). The van der Waals surface area contributed by atoms with Crippen molar-refractivity contribution in [1.29, 1.82) is 0 Å². The van der Waals surface area contributed by atoms with E-state index in [2.05, 4.69) is 9.97 Å². The van der Waals surface area contributed by atoms with Crippen LogP contribution >= 0.6 is 0 Å². The number of aromatic nitrogens is 2. The fourth-order valence-electron chi connectivity index (χ4n) is 1.73. The Balaban J connectivity index is 2.72. The van der Waals surface area contributed by atoms with E-state index in [9.17, 15) is 4.79 Å². The monoisotopic (exact) mass is 247 g/mol. The molecular weight excluding hydrogens is 234 g/mol. The number of H-pyrrole nitrogens is 1. The molecule has 1 aromatic carbocycles. The minimum absolute atomic E-state index is 0.140. The van der Waals surface area contributed by atoms with Crippen molar-refractivity contribution < 1.29 is 9.47 Å². The molecule has 0 aliphatic heterocycles. The lowest BCUT2D eigenvalue weighted by atomic mass is 10.1. The quantitative estimate of drug-likeness (QED) is 0.845. The Bertz CT molecular complexity index is 600. The lowest BCUT2D eigenvalue weighted by Crippen LogP contribution is -2.13. The van der Waals surface area contributed by atoms with E-state index in [4.69, 9.17) is 15.2 Å². The summed E-state index contributed by atoms with van der Waals surface area (Å²) in [5, 5.41) is 0. The Morgan fingerprint density at radius 2 is 1.83 bits per heavy atom. The molecule has 0 amide bonds. The van der Waals surface area contributed by atoms with Gasteiger partial charge in [0.1, 0.15) is 17.3 Å². The average Bonchev–Trinajstić information content (AvgIpc) is 2.36. The summed E-state index contributed by atoms with van der Waals surface area (Å²) in [5.74, 6) is 1.30. The molecule has 0 saturated carbocycles. The maximum Gasteiger partial charge on any atom is 0.347 e. The Kier molecular flexibility index (Phi) is 3.18. The Morgan fingerprint density at radius 1 is 1.22 bits per heavy atom. The van der Waals surface area contributed by atoms with Crippen LogP contribution < -0.4 is 20.9 Å². The molecule has 0 radical (unpaired) electrons. The zero-order valence-electron chi connectivity index (χ0n) is 10.1. The van der Waals surface area contributed by atoms with Crippen LogP contribution in [0, 0.1) is 0 Å². The van der Waals surface area contributed by atoms with Gasteiger partial charge in [-0.05, 0) is 12.1 Å². The van der Waals surface area contributed by atoms with Gasteiger partial charge in [-0.3, -0.25) is 0 Å². The molecule has 1 aromatic heterocycles. The van der Waals surface area contributed by atoms with Crippen molar-refractivity contribution in [3.63, 3.8) is 0 Å². The number of hydrogen-bond donors (Lipinski definition) is 2. The van der Waals surface area contributed by atoms with Crippen molar-refractivity contribution in [2.75, 3.05) is 20.0 Å². The maximum absolute atomic E-state index is 11.4. The summed E-state index contributed by atoms with van der Waals surface area (Å²) in [4.78, 5) is 17.5. The molecule has 6 nitrogen and oxygen atoms in total. The van der Waals surface area contributed by atoms with E-state index in [1.165, 1.54) is 0 Å². The molecule has 0 fully saturated rings. The largest absolute Gasteiger partial charge is 0.496 e. The van der Waals surface area contributed by atoms with Crippen molar-refractivity contribution in [1.82, 2.24) is 9.97 Å². The number of nitrogen functional groups attached to an aromatic ring is 1. The molecular formula is C12H13N3O3. The van der Waals surface area contributed by atoms with Crippen LogP contribution in [0.4, 0.5) is 5.82 Å². The molecule has 6 heteroatoms. The number of methoxy groups -OCH3 is 2. The van der Waals surface area contributed by atoms with Gasteiger partial charge >= 0.3 is 5.69 Å². The van der Waals surface area contributed by atoms with Crippen molar-refractivity contribution in [2.24, 2.45) is 0 Å². The molecule has 3 N–H and O–H groups in total.